The zero-order valence-electron chi connectivity index (χ0n) is 21.0. The van der Waals surface area contributed by atoms with Crippen LogP contribution in [0.25, 0.3) is 0 Å². The van der Waals surface area contributed by atoms with Crippen LogP contribution in [-0.4, -0.2) is 52.3 Å². The van der Waals surface area contributed by atoms with Gasteiger partial charge in [0.25, 0.3) is 5.89 Å². The van der Waals surface area contributed by atoms with Gasteiger partial charge in [0, 0.05) is 24.8 Å². The Morgan fingerprint density at radius 2 is 1.58 bits per heavy atom. The molecule has 4 aliphatic rings. The fraction of sp³-hybridized carbons (Fsp3) is 0.333. The third-order valence-electron chi connectivity index (χ3n) is 8.31. The molecule has 2 bridgehead atoms. The number of aromatic nitrogens is 2. The number of benzene rings is 3. The number of rotatable bonds is 7. The zero-order chi connectivity index (χ0) is 25.6. The third-order valence-corrected chi connectivity index (χ3v) is 8.31. The summed E-state index contributed by atoms with van der Waals surface area (Å²) in [5, 5.41) is 16.4. The Hall–Kier alpha value is -3.88. The summed E-state index contributed by atoms with van der Waals surface area (Å²) in [6.45, 7) is 3.87. The number of hydrogen-bond donors (Lipinski definition) is 1. The molecule has 0 spiro atoms. The lowest BCUT2D eigenvalue weighted by molar-refractivity contribution is -0.958. The number of ether oxygens (including phenoxy) is 3. The number of quaternary nitrogens is 1. The van der Waals surface area contributed by atoms with Gasteiger partial charge in [-0.05, 0) is 23.3 Å². The van der Waals surface area contributed by atoms with Crippen molar-refractivity contribution in [2.45, 2.75) is 31.1 Å². The Morgan fingerprint density at radius 1 is 0.895 bits per heavy atom. The second-order valence-corrected chi connectivity index (χ2v) is 10.6. The molecule has 4 aromatic rings. The fourth-order valence-electron chi connectivity index (χ4n) is 6.24. The molecule has 194 valence electrons. The minimum absolute atomic E-state index is 0.106. The highest BCUT2D eigenvalue weighted by Gasteiger charge is 2.48. The summed E-state index contributed by atoms with van der Waals surface area (Å²) in [5.74, 6) is 3.62. The van der Waals surface area contributed by atoms with Crippen LogP contribution in [0.5, 0.6) is 17.2 Å². The second-order valence-electron chi connectivity index (χ2n) is 10.6. The van der Waals surface area contributed by atoms with E-state index in [-0.39, 0.29) is 18.8 Å². The van der Waals surface area contributed by atoms with Gasteiger partial charge in [-0.15, -0.1) is 0 Å². The quantitative estimate of drug-likeness (QED) is 0.370. The molecule has 1 N–H and O–H groups in total. The molecule has 0 unspecified atom stereocenters. The van der Waals surface area contributed by atoms with Gasteiger partial charge in [0.2, 0.25) is 12.6 Å². The highest BCUT2D eigenvalue weighted by atomic mass is 16.7. The van der Waals surface area contributed by atoms with E-state index in [1.807, 2.05) is 78.9 Å². The fourth-order valence-corrected chi connectivity index (χ4v) is 6.24. The summed E-state index contributed by atoms with van der Waals surface area (Å²) < 4.78 is 24.1. The Balaban J connectivity index is 1.13. The van der Waals surface area contributed by atoms with Crippen molar-refractivity contribution in [3.05, 3.63) is 102 Å². The van der Waals surface area contributed by atoms with E-state index in [2.05, 4.69) is 5.16 Å². The average molecular weight is 513 g/mol. The lowest BCUT2D eigenvalue weighted by Gasteiger charge is -2.51. The summed E-state index contributed by atoms with van der Waals surface area (Å²) in [7, 11) is 0. The molecule has 0 amide bonds. The van der Waals surface area contributed by atoms with Crippen LogP contribution in [0, 0.1) is 5.92 Å². The van der Waals surface area contributed by atoms with Gasteiger partial charge in [0.05, 0.1) is 13.1 Å². The zero-order valence-corrected chi connectivity index (χ0v) is 21.0. The number of aliphatic hydroxyl groups is 1. The van der Waals surface area contributed by atoms with Crippen molar-refractivity contribution in [2.24, 2.45) is 5.92 Å². The summed E-state index contributed by atoms with van der Waals surface area (Å²) in [6.07, 6.45) is 2.30. The summed E-state index contributed by atoms with van der Waals surface area (Å²) >= 11 is 0. The van der Waals surface area contributed by atoms with Crippen LogP contribution < -0.4 is 14.2 Å². The molecule has 1 atom stereocenters. The maximum Gasteiger partial charge on any atom is 0.268 e. The van der Waals surface area contributed by atoms with E-state index < -0.39 is 5.60 Å². The second kappa shape index (κ2) is 9.15. The average Bonchev–Trinajstić information content (AvgIpc) is 3.64. The first-order valence-electron chi connectivity index (χ1n) is 13.2. The maximum absolute atomic E-state index is 12.0. The molecule has 8 rings (SSSR count). The number of piperidine rings is 3. The van der Waals surface area contributed by atoms with E-state index in [0.29, 0.717) is 29.4 Å². The monoisotopic (exact) mass is 512 g/mol. The van der Waals surface area contributed by atoms with E-state index in [4.69, 9.17) is 23.7 Å². The van der Waals surface area contributed by atoms with Gasteiger partial charge >= 0.3 is 0 Å². The van der Waals surface area contributed by atoms with Crippen LogP contribution in [0.3, 0.4) is 0 Å². The van der Waals surface area contributed by atoms with Gasteiger partial charge in [-0.1, -0.05) is 65.8 Å². The minimum Gasteiger partial charge on any atom is -0.484 e. The molecule has 3 saturated heterocycles. The van der Waals surface area contributed by atoms with E-state index >= 15 is 0 Å². The molecule has 0 saturated carbocycles. The summed E-state index contributed by atoms with van der Waals surface area (Å²) in [5.41, 5.74) is -0.165. The van der Waals surface area contributed by atoms with E-state index in [1.54, 1.807) is 0 Å². The predicted octanol–water partition coefficient (Wildman–Crippen LogP) is 4.27. The van der Waals surface area contributed by atoms with E-state index in [9.17, 15) is 5.11 Å². The van der Waals surface area contributed by atoms with Gasteiger partial charge in [0.1, 0.15) is 18.8 Å². The molecular formula is C30H30N3O5+. The van der Waals surface area contributed by atoms with Crippen molar-refractivity contribution in [2.75, 3.05) is 26.4 Å². The lowest BCUT2D eigenvalue weighted by Crippen LogP contribution is -2.64. The van der Waals surface area contributed by atoms with Crippen molar-refractivity contribution in [1.29, 1.82) is 0 Å². The predicted molar refractivity (Wildman–Crippen MR) is 138 cm³/mol. The van der Waals surface area contributed by atoms with Crippen molar-refractivity contribution in [1.82, 2.24) is 10.1 Å². The number of fused-ring (bicyclic) bond motifs is 4. The largest absolute Gasteiger partial charge is 0.484 e. The molecular weight excluding hydrogens is 482 g/mol. The lowest BCUT2D eigenvalue weighted by atomic mass is 9.83. The highest BCUT2D eigenvalue weighted by molar-refractivity contribution is 5.47. The number of hydrogen-bond acceptors (Lipinski definition) is 7. The molecule has 8 nitrogen and oxygen atoms in total. The van der Waals surface area contributed by atoms with Crippen LogP contribution in [0.1, 0.15) is 35.7 Å². The summed E-state index contributed by atoms with van der Waals surface area (Å²) in [6, 6.07) is 24.8. The molecule has 1 aromatic heterocycles. The normalized spacial score (nSPS) is 23.9. The third kappa shape index (κ3) is 4.01. The molecule has 4 aliphatic heterocycles. The molecule has 0 aliphatic carbocycles. The van der Waals surface area contributed by atoms with Gasteiger partial charge in [-0.25, -0.2) is 0 Å². The smallest absolute Gasteiger partial charge is 0.268 e. The Morgan fingerprint density at radius 3 is 2.29 bits per heavy atom. The topological polar surface area (TPSA) is 86.8 Å². The maximum atomic E-state index is 12.0. The van der Waals surface area contributed by atoms with Crippen molar-refractivity contribution < 1.29 is 28.3 Å². The van der Waals surface area contributed by atoms with Gasteiger partial charge in [0.15, 0.2) is 23.2 Å². The highest BCUT2D eigenvalue weighted by Crippen LogP contribution is 2.41. The molecule has 3 aromatic carbocycles. The molecule has 3 fully saturated rings. The van der Waals surface area contributed by atoms with Crippen LogP contribution in [-0.2, 0) is 12.1 Å². The Labute approximate surface area is 221 Å². The molecule has 0 radical (unpaired) electrons. The van der Waals surface area contributed by atoms with Crippen LogP contribution in [0.2, 0.25) is 0 Å². The van der Waals surface area contributed by atoms with Gasteiger partial charge < -0.3 is 28.3 Å². The Kier molecular flexibility index (Phi) is 5.60. The standard InChI is InChI=1S/C30H30N3O5/c34-30(22-7-3-1-4-8-22,23-9-5-2-6-10-23)29-31-28(32-38-29)19-33-15-13-21(14-16-33)27(18-33)37-24-11-12-25-26(17-24)36-20-35-25/h1-12,17,21,27,34H,13-16,18-20H2/q+1/t21?,27-,33?/m0/s1. The summed E-state index contributed by atoms with van der Waals surface area (Å²) in [4.78, 5) is 4.77. The minimum atomic E-state index is -1.53. The van der Waals surface area contributed by atoms with Crippen molar-refractivity contribution in [3.8, 4) is 17.2 Å². The Bertz CT molecular complexity index is 1380. The van der Waals surface area contributed by atoms with Gasteiger partial charge in [-0.2, -0.15) is 4.98 Å². The van der Waals surface area contributed by atoms with Crippen molar-refractivity contribution in [3.63, 3.8) is 0 Å². The first-order chi connectivity index (χ1) is 18.6. The van der Waals surface area contributed by atoms with Crippen LogP contribution in [0.4, 0.5) is 0 Å². The molecule has 38 heavy (non-hydrogen) atoms. The first-order valence-corrected chi connectivity index (χ1v) is 13.2. The SMILES string of the molecule is OC(c1ccccc1)(c1ccccc1)c1nc(C[N+]23CCC(CC2)[C@@H](Oc2ccc4c(c2)OCO4)C3)no1. The van der Waals surface area contributed by atoms with Gasteiger partial charge in [-0.3, -0.25) is 0 Å². The van der Waals surface area contributed by atoms with E-state index in [0.717, 1.165) is 54.2 Å². The molecule has 5 heterocycles. The van der Waals surface area contributed by atoms with Crippen LogP contribution >= 0.6 is 0 Å². The first kappa shape index (κ1) is 23.3. The number of nitrogens with zero attached hydrogens (tertiary/aromatic N) is 3. The molecule has 8 heteroatoms. The van der Waals surface area contributed by atoms with E-state index in [1.165, 1.54) is 0 Å². The van der Waals surface area contributed by atoms with Crippen molar-refractivity contribution >= 4 is 0 Å². The van der Waals surface area contributed by atoms with Crippen LogP contribution in [0.15, 0.2) is 83.4 Å².